The summed E-state index contributed by atoms with van der Waals surface area (Å²) in [4.78, 5) is 27.4. The van der Waals surface area contributed by atoms with Crippen LogP contribution < -0.4 is 5.73 Å². The van der Waals surface area contributed by atoms with Gasteiger partial charge in [0.15, 0.2) is 0 Å². The number of hydrogen-bond acceptors (Lipinski definition) is 5. The number of hydroxylamine groups is 2. The van der Waals surface area contributed by atoms with E-state index in [1.807, 2.05) is 30.3 Å². The van der Waals surface area contributed by atoms with Crippen molar-refractivity contribution >= 4 is 12.4 Å². The highest BCUT2D eigenvalue weighted by Gasteiger charge is 2.13. The van der Waals surface area contributed by atoms with E-state index in [4.69, 9.17) is 10.6 Å². The predicted molar refractivity (Wildman–Crippen MR) is 77.8 cm³/mol. The Labute approximate surface area is 124 Å². The van der Waals surface area contributed by atoms with E-state index in [9.17, 15) is 9.59 Å². The van der Waals surface area contributed by atoms with Crippen molar-refractivity contribution in [3.8, 4) is 0 Å². The maximum absolute atomic E-state index is 11.1. The van der Waals surface area contributed by atoms with E-state index in [1.165, 1.54) is 12.2 Å². The molecular formula is C15H22N2O4. The minimum atomic E-state index is -0.607. The molecule has 21 heavy (non-hydrogen) atoms. The van der Waals surface area contributed by atoms with Crippen molar-refractivity contribution in [1.29, 1.82) is 0 Å². The Morgan fingerprint density at radius 3 is 2.67 bits per heavy atom. The summed E-state index contributed by atoms with van der Waals surface area (Å²) in [6, 6.07) is 9.00. The summed E-state index contributed by atoms with van der Waals surface area (Å²) in [7, 11) is 1.31. The van der Waals surface area contributed by atoms with Crippen LogP contribution in [0.3, 0.4) is 0 Å². The summed E-state index contributed by atoms with van der Waals surface area (Å²) in [6.07, 6.45) is 2.61. The Hall–Kier alpha value is -1.92. The van der Waals surface area contributed by atoms with E-state index in [2.05, 4.69) is 4.74 Å². The second kappa shape index (κ2) is 9.90. The zero-order chi connectivity index (χ0) is 15.5. The summed E-state index contributed by atoms with van der Waals surface area (Å²) in [5, 5.41) is 1.26. The molecule has 0 spiro atoms. The topological polar surface area (TPSA) is 81.9 Å². The standard InChI is InChI=1S/C15H22N2O4/c1-20-15(19)14(16)9-5-6-10-17(12-18)21-11-13-7-3-2-4-8-13/h2-4,7-8,12,14H,5-6,9-11,16H2,1H3/t14-/m1/s1. The van der Waals surface area contributed by atoms with Gasteiger partial charge < -0.3 is 10.5 Å². The fourth-order valence-corrected chi connectivity index (χ4v) is 1.78. The number of rotatable bonds is 10. The number of benzene rings is 1. The number of hydrogen-bond donors (Lipinski definition) is 1. The number of methoxy groups -OCH3 is 1. The fraction of sp³-hybridized carbons (Fsp3) is 0.467. The van der Waals surface area contributed by atoms with Crippen LogP contribution in [0.5, 0.6) is 0 Å². The summed E-state index contributed by atoms with van der Waals surface area (Å²) in [6.45, 7) is 0.811. The van der Waals surface area contributed by atoms with Crippen LogP contribution in [-0.4, -0.2) is 37.1 Å². The highest BCUT2D eigenvalue weighted by atomic mass is 16.7. The average Bonchev–Trinajstić information content (AvgIpc) is 2.54. The number of carbonyl (C=O) groups is 2. The molecule has 0 saturated heterocycles. The molecule has 0 unspecified atom stereocenters. The van der Waals surface area contributed by atoms with Crippen LogP contribution in [0.2, 0.25) is 0 Å². The summed E-state index contributed by atoms with van der Waals surface area (Å²) in [5.41, 5.74) is 6.62. The lowest BCUT2D eigenvalue weighted by atomic mass is 10.1. The van der Waals surface area contributed by atoms with Gasteiger partial charge in [0.2, 0.25) is 6.41 Å². The molecule has 1 aromatic rings. The highest BCUT2D eigenvalue weighted by Crippen LogP contribution is 2.05. The quantitative estimate of drug-likeness (QED) is 0.304. The van der Waals surface area contributed by atoms with E-state index in [0.717, 1.165) is 12.0 Å². The Bertz CT molecular complexity index is 425. The number of carbonyl (C=O) groups excluding carboxylic acids is 2. The molecule has 1 aromatic carbocycles. The number of esters is 1. The van der Waals surface area contributed by atoms with Crippen LogP contribution in [0.15, 0.2) is 30.3 Å². The summed E-state index contributed by atoms with van der Waals surface area (Å²) in [5.74, 6) is -0.414. The van der Waals surface area contributed by atoms with Gasteiger partial charge in [0.1, 0.15) is 12.6 Å². The third kappa shape index (κ3) is 6.87. The van der Waals surface area contributed by atoms with Gasteiger partial charge in [-0.3, -0.25) is 14.4 Å². The molecule has 0 radical (unpaired) electrons. The van der Waals surface area contributed by atoms with Crippen molar-refractivity contribution in [2.45, 2.75) is 31.9 Å². The monoisotopic (exact) mass is 294 g/mol. The smallest absolute Gasteiger partial charge is 0.322 e. The SMILES string of the molecule is COC(=O)[C@H](N)CCCCN(C=O)OCc1ccccc1. The van der Waals surface area contributed by atoms with Crippen molar-refractivity contribution < 1.29 is 19.2 Å². The third-order valence-corrected chi connectivity index (χ3v) is 3.00. The molecule has 1 atom stereocenters. The number of nitrogens with zero attached hydrogens (tertiary/aromatic N) is 1. The summed E-state index contributed by atoms with van der Waals surface area (Å²) < 4.78 is 4.54. The van der Waals surface area contributed by atoms with Crippen molar-refractivity contribution in [3.05, 3.63) is 35.9 Å². The average molecular weight is 294 g/mol. The highest BCUT2D eigenvalue weighted by molar-refractivity contribution is 5.75. The zero-order valence-electron chi connectivity index (χ0n) is 12.2. The molecule has 0 aliphatic rings. The molecule has 0 saturated carbocycles. The minimum Gasteiger partial charge on any atom is -0.468 e. The Kier molecular flexibility index (Phi) is 8.08. The normalized spacial score (nSPS) is 11.7. The molecule has 0 aliphatic carbocycles. The molecule has 0 aromatic heterocycles. The van der Waals surface area contributed by atoms with Crippen molar-refractivity contribution in [2.75, 3.05) is 13.7 Å². The first-order valence-corrected chi connectivity index (χ1v) is 6.89. The lowest BCUT2D eigenvalue weighted by Gasteiger charge is -2.17. The van der Waals surface area contributed by atoms with Crippen LogP contribution in [0, 0.1) is 0 Å². The Balaban J connectivity index is 2.19. The predicted octanol–water partition coefficient (Wildman–Crippen LogP) is 1.25. The van der Waals surface area contributed by atoms with Gasteiger partial charge in [0.25, 0.3) is 0 Å². The van der Waals surface area contributed by atoms with Gasteiger partial charge in [-0.2, -0.15) is 0 Å². The van der Waals surface area contributed by atoms with Gasteiger partial charge in [-0.05, 0) is 24.8 Å². The molecule has 0 heterocycles. The van der Waals surface area contributed by atoms with E-state index in [-0.39, 0.29) is 0 Å². The van der Waals surface area contributed by atoms with E-state index < -0.39 is 12.0 Å². The first-order chi connectivity index (χ1) is 10.2. The second-order valence-corrected chi connectivity index (χ2v) is 4.63. The van der Waals surface area contributed by atoms with E-state index in [1.54, 1.807) is 0 Å². The van der Waals surface area contributed by atoms with Gasteiger partial charge >= 0.3 is 5.97 Å². The van der Waals surface area contributed by atoms with Gasteiger partial charge in [0.05, 0.1) is 7.11 Å². The molecule has 6 heteroatoms. The maximum Gasteiger partial charge on any atom is 0.322 e. The number of unbranched alkanes of at least 4 members (excludes halogenated alkanes) is 1. The van der Waals surface area contributed by atoms with Gasteiger partial charge in [-0.1, -0.05) is 30.3 Å². The molecule has 1 amide bonds. The van der Waals surface area contributed by atoms with Crippen LogP contribution in [0.1, 0.15) is 24.8 Å². The molecule has 116 valence electrons. The van der Waals surface area contributed by atoms with Gasteiger partial charge in [0, 0.05) is 6.54 Å². The van der Waals surface area contributed by atoms with Gasteiger partial charge in [-0.25, -0.2) is 5.06 Å². The second-order valence-electron chi connectivity index (χ2n) is 4.63. The summed E-state index contributed by atoms with van der Waals surface area (Å²) >= 11 is 0. The Morgan fingerprint density at radius 1 is 1.33 bits per heavy atom. The first-order valence-electron chi connectivity index (χ1n) is 6.89. The largest absolute Gasteiger partial charge is 0.468 e. The molecule has 0 fully saturated rings. The number of nitrogens with two attached hydrogens (primary N) is 1. The van der Waals surface area contributed by atoms with Crippen LogP contribution >= 0.6 is 0 Å². The Morgan fingerprint density at radius 2 is 2.05 bits per heavy atom. The van der Waals surface area contributed by atoms with Crippen molar-refractivity contribution in [2.24, 2.45) is 5.73 Å². The number of ether oxygens (including phenoxy) is 1. The van der Waals surface area contributed by atoms with E-state index >= 15 is 0 Å². The van der Waals surface area contributed by atoms with Crippen LogP contribution in [0.4, 0.5) is 0 Å². The lowest BCUT2D eigenvalue weighted by molar-refractivity contribution is -0.177. The molecule has 6 nitrogen and oxygen atoms in total. The molecule has 0 bridgehead atoms. The first kappa shape index (κ1) is 17.1. The molecular weight excluding hydrogens is 272 g/mol. The maximum atomic E-state index is 11.1. The van der Waals surface area contributed by atoms with Crippen LogP contribution in [0.25, 0.3) is 0 Å². The number of amides is 1. The zero-order valence-corrected chi connectivity index (χ0v) is 12.2. The minimum absolute atomic E-state index is 0.348. The van der Waals surface area contributed by atoms with Crippen molar-refractivity contribution in [1.82, 2.24) is 5.06 Å². The van der Waals surface area contributed by atoms with E-state index in [0.29, 0.717) is 32.4 Å². The van der Waals surface area contributed by atoms with Crippen LogP contribution in [-0.2, 0) is 25.8 Å². The van der Waals surface area contributed by atoms with Crippen molar-refractivity contribution in [3.63, 3.8) is 0 Å². The molecule has 2 N–H and O–H groups in total. The molecule has 0 aliphatic heterocycles. The molecule has 1 rings (SSSR count). The third-order valence-electron chi connectivity index (χ3n) is 3.00. The van der Waals surface area contributed by atoms with Gasteiger partial charge in [-0.15, -0.1) is 0 Å². The fourth-order valence-electron chi connectivity index (χ4n) is 1.78. The lowest BCUT2D eigenvalue weighted by Crippen LogP contribution is -2.31.